The molecule has 5 N–H and O–H groups in total. The summed E-state index contributed by atoms with van der Waals surface area (Å²) < 4.78 is 7.24. The molecule has 4 rings (SSSR count). The highest BCUT2D eigenvalue weighted by atomic mass is 35.5. The molecule has 1 aromatic heterocycles. The molecule has 2 fully saturated rings. The molecule has 0 bridgehead atoms. The van der Waals surface area contributed by atoms with Gasteiger partial charge in [0, 0.05) is 11.4 Å². The molecular weight excluding hydrogens is 513 g/mol. The second-order valence-electron chi connectivity index (χ2n) is 8.50. The molecule has 186 valence electrons. The van der Waals surface area contributed by atoms with Crippen LogP contribution in [-0.4, -0.2) is 87.2 Å². The molecule has 2 aromatic rings. The van der Waals surface area contributed by atoms with E-state index in [1.54, 1.807) is 24.3 Å². The molecule has 1 aliphatic carbocycles. The Morgan fingerprint density at radius 1 is 1.26 bits per heavy atom. The maximum absolute atomic E-state index is 11.6. The van der Waals surface area contributed by atoms with Gasteiger partial charge in [-0.2, -0.15) is 5.10 Å². The van der Waals surface area contributed by atoms with Crippen molar-refractivity contribution in [1.29, 1.82) is 0 Å². The summed E-state index contributed by atoms with van der Waals surface area (Å²) in [7, 11) is 0. The number of carbonyl (C=O) groups is 1. The van der Waals surface area contributed by atoms with E-state index in [2.05, 4.69) is 5.10 Å². The molecule has 14 heteroatoms. The molecule has 11 nitrogen and oxygen atoms in total. The Morgan fingerprint density at radius 3 is 2.56 bits per heavy atom. The van der Waals surface area contributed by atoms with E-state index < -0.39 is 47.2 Å². The lowest BCUT2D eigenvalue weighted by Crippen LogP contribution is -2.62. The summed E-state index contributed by atoms with van der Waals surface area (Å²) in [6.07, 6.45) is -6.54. The Kier molecular flexibility index (Phi) is 6.97. The lowest BCUT2D eigenvalue weighted by Gasteiger charge is -2.37. The number of aliphatic carboxylic acids is 1. The quantitative estimate of drug-likeness (QED) is 0.232. The molecular formula is C20H23Cl2N3O8S. The summed E-state index contributed by atoms with van der Waals surface area (Å²) in [5.41, 5.74) is -0.765. The number of nitrogens with zero attached hydrogens (tertiary/aromatic N) is 3. The highest BCUT2D eigenvalue weighted by Gasteiger charge is 2.58. The summed E-state index contributed by atoms with van der Waals surface area (Å²) in [6, 6.07) is 7.08. The zero-order chi connectivity index (χ0) is 24.8. The number of aromatic nitrogens is 3. The number of carboxylic acid groups (broad SMARTS) is 1. The van der Waals surface area contributed by atoms with Crippen LogP contribution >= 0.6 is 35.4 Å². The van der Waals surface area contributed by atoms with E-state index in [4.69, 9.17) is 45.0 Å². The van der Waals surface area contributed by atoms with Crippen molar-refractivity contribution in [3.63, 3.8) is 0 Å². The molecule has 1 aromatic carbocycles. The highest BCUT2D eigenvalue weighted by Crippen LogP contribution is 2.53. The first kappa shape index (κ1) is 25.3. The molecule has 1 aliphatic heterocycles. The lowest BCUT2D eigenvalue weighted by atomic mass is 9.89. The normalized spacial score (nSPS) is 29.9. The van der Waals surface area contributed by atoms with Crippen molar-refractivity contribution in [2.45, 2.75) is 67.0 Å². The van der Waals surface area contributed by atoms with E-state index in [0.717, 1.165) is 11.1 Å². The third-order valence-corrected chi connectivity index (χ3v) is 7.60. The lowest BCUT2D eigenvalue weighted by molar-refractivity contribution is -0.294. The fourth-order valence-electron chi connectivity index (χ4n) is 3.89. The van der Waals surface area contributed by atoms with Gasteiger partial charge >= 0.3 is 5.97 Å². The van der Waals surface area contributed by atoms with E-state index in [0.29, 0.717) is 23.4 Å². The van der Waals surface area contributed by atoms with Crippen LogP contribution in [0.3, 0.4) is 0 Å². The van der Waals surface area contributed by atoms with Gasteiger partial charge in [0.2, 0.25) is 4.77 Å². The Bertz CT molecular complexity index is 1130. The van der Waals surface area contributed by atoms with Crippen molar-refractivity contribution in [1.82, 2.24) is 14.5 Å². The molecule has 1 unspecified atom stereocenters. The van der Waals surface area contributed by atoms with Gasteiger partial charge in [-0.05, 0) is 36.7 Å². The van der Waals surface area contributed by atoms with Crippen LogP contribution < -0.4 is 4.84 Å². The van der Waals surface area contributed by atoms with Gasteiger partial charge in [-0.1, -0.05) is 29.8 Å². The Labute approximate surface area is 208 Å². The average Bonchev–Trinajstić information content (AvgIpc) is 3.47. The number of ether oxygens (including phenoxy) is 1. The monoisotopic (exact) mass is 535 g/mol. The topological polar surface area (TPSA) is 159 Å². The van der Waals surface area contributed by atoms with Crippen LogP contribution in [0.2, 0.25) is 5.02 Å². The van der Waals surface area contributed by atoms with Crippen molar-refractivity contribution in [3.8, 4) is 0 Å². The summed E-state index contributed by atoms with van der Waals surface area (Å²) in [6.45, 7) is -0.107. The molecule has 6 atom stereocenters. The molecule has 1 saturated carbocycles. The number of carboxylic acids is 1. The van der Waals surface area contributed by atoms with Gasteiger partial charge in [0.25, 0.3) is 6.29 Å². The fourth-order valence-corrected chi connectivity index (χ4v) is 4.51. The van der Waals surface area contributed by atoms with Gasteiger partial charge in [-0.25, -0.2) is 9.48 Å². The van der Waals surface area contributed by atoms with Crippen molar-refractivity contribution < 1.29 is 39.9 Å². The van der Waals surface area contributed by atoms with Crippen LogP contribution in [0.5, 0.6) is 0 Å². The standard InChI is InChI=1S/C20H23Cl2N3O8S/c21-11-4-2-1-3-10(11)7-20(31,19(22)5-6-19)8-24-18(34)25(9-23-24)33-17-14(28)12(26)13(27)15(32-17)16(29)30/h1-4,9,12-15,17,26-28,31H,5-8H2,(H,29,30)/t12-,13+,14-,15-,17-,20?/m0/s1. The third-order valence-electron chi connectivity index (χ3n) is 6.11. The van der Waals surface area contributed by atoms with Crippen LogP contribution in [0, 0.1) is 4.77 Å². The molecule has 0 amide bonds. The zero-order valence-electron chi connectivity index (χ0n) is 17.6. The minimum atomic E-state index is -1.86. The minimum Gasteiger partial charge on any atom is -0.479 e. The predicted octanol–water partition coefficient (Wildman–Crippen LogP) is 0.133. The van der Waals surface area contributed by atoms with E-state index in [-0.39, 0.29) is 17.7 Å². The SMILES string of the molecule is O=C(O)[C@H]1O[C@@H](On2cnn(CC(O)(Cc3ccccc3Cl)C3(Cl)CC3)c2=S)[C@@H](O)[C@@H](O)[C@H]1O. The summed E-state index contributed by atoms with van der Waals surface area (Å²) in [5, 5.41) is 55.3. The number of benzene rings is 1. The highest BCUT2D eigenvalue weighted by molar-refractivity contribution is 7.71. The molecule has 0 spiro atoms. The number of rotatable bonds is 8. The van der Waals surface area contributed by atoms with Crippen LogP contribution in [0.25, 0.3) is 0 Å². The van der Waals surface area contributed by atoms with Crippen molar-refractivity contribution in [2.24, 2.45) is 0 Å². The molecule has 1 saturated heterocycles. The number of hydrogen-bond donors (Lipinski definition) is 5. The maximum Gasteiger partial charge on any atom is 0.335 e. The Morgan fingerprint density at radius 2 is 1.94 bits per heavy atom. The van der Waals surface area contributed by atoms with E-state index in [1.165, 1.54) is 4.68 Å². The summed E-state index contributed by atoms with van der Waals surface area (Å²) in [5.74, 6) is -1.55. The largest absolute Gasteiger partial charge is 0.479 e. The summed E-state index contributed by atoms with van der Waals surface area (Å²) >= 11 is 18.3. The first-order valence-electron chi connectivity index (χ1n) is 10.3. The number of aliphatic hydroxyl groups is 4. The first-order valence-corrected chi connectivity index (χ1v) is 11.5. The van der Waals surface area contributed by atoms with Gasteiger partial charge < -0.3 is 35.1 Å². The van der Waals surface area contributed by atoms with Crippen molar-refractivity contribution in [3.05, 3.63) is 45.9 Å². The second-order valence-corrected chi connectivity index (χ2v) is 10.00. The van der Waals surface area contributed by atoms with Crippen LogP contribution in [0.15, 0.2) is 30.6 Å². The third kappa shape index (κ3) is 4.69. The van der Waals surface area contributed by atoms with Gasteiger partial charge in [0.1, 0.15) is 23.9 Å². The van der Waals surface area contributed by atoms with Crippen LogP contribution in [0.4, 0.5) is 0 Å². The molecule has 2 heterocycles. The number of halogens is 2. The fraction of sp³-hybridized carbons (Fsp3) is 0.550. The van der Waals surface area contributed by atoms with E-state index in [9.17, 15) is 30.3 Å². The van der Waals surface area contributed by atoms with Gasteiger partial charge in [-0.15, -0.1) is 16.3 Å². The van der Waals surface area contributed by atoms with E-state index in [1.807, 2.05) is 0 Å². The summed E-state index contributed by atoms with van der Waals surface area (Å²) in [4.78, 5) is 15.8. The molecule has 34 heavy (non-hydrogen) atoms. The van der Waals surface area contributed by atoms with Gasteiger partial charge in [0.15, 0.2) is 12.4 Å². The number of aliphatic hydroxyl groups excluding tert-OH is 3. The second kappa shape index (κ2) is 9.36. The van der Waals surface area contributed by atoms with Gasteiger partial charge in [-0.3, -0.25) is 0 Å². The molecule has 2 aliphatic rings. The van der Waals surface area contributed by atoms with Gasteiger partial charge in [0.05, 0.1) is 11.4 Å². The van der Waals surface area contributed by atoms with Crippen molar-refractivity contribution in [2.75, 3.05) is 0 Å². The Balaban J connectivity index is 1.55. The average molecular weight is 536 g/mol. The van der Waals surface area contributed by atoms with Crippen LogP contribution in [-0.2, 0) is 22.5 Å². The predicted molar refractivity (Wildman–Crippen MR) is 120 cm³/mol. The van der Waals surface area contributed by atoms with Crippen LogP contribution in [0.1, 0.15) is 18.4 Å². The minimum absolute atomic E-state index is 0.0539. The maximum atomic E-state index is 11.6. The first-order chi connectivity index (χ1) is 16.0. The smallest absolute Gasteiger partial charge is 0.335 e. The zero-order valence-corrected chi connectivity index (χ0v) is 19.9. The number of hydrogen-bond acceptors (Lipinski definition) is 9. The number of alkyl halides is 1. The Hall–Kier alpha value is -1.77. The van der Waals surface area contributed by atoms with Crippen molar-refractivity contribution >= 4 is 41.4 Å². The molecule has 0 radical (unpaired) electrons. The van der Waals surface area contributed by atoms with E-state index >= 15 is 0 Å².